The van der Waals surface area contributed by atoms with Crippen molar-refractivity contribution in [3.8, 4) is 0 Å². The molecule has 0 radical (unpaired) electrons. The number of benzene rings is 2. The number of nitrogens with zero attached hydrogens (tertiary/aromatic N) is 3. The molecule has 0 atom stereocenters. The summed E-state index contributed by atoms with van der Waals surface area (Å²) in [4.78, 5) is 2.04. The fourth-order valence-electron chi connectivity index (χ4n) is 2.23. The maximum Gasteiger partial charge on any atom is 0.0776 e. The Morgan fingerprint density at radius 3 is 2.27 bits per heavy atom. The molecule has 0 heterocycles. The first-order valence-electron chi connectivity index (χ1n) is 6.91. The summed E-state index contributed by atoms with van der Waals surface area (Å²) in [5, 5.41) is 7.78. The van der Waals surface area contributed by atoms with Crippen molar-refractivity contribution in [2.45, 2.75) is 6.92 Å². The third kappa shape index (κ3) is 3.73. The van der Waals surface area contributed by atoms with Gasteiger partial charge in [-0.25, -0.2) is 0 Å². The lowest BCUT2D eigenvalue weighted by Crippen LogP contribution is -2.16. The van der Waals surface area contributed by atoms with Crippen LogP contribution in [0.2, 0.25) is 10.0 Å². The summed E-state index contributed by atoms with van der Waals surface area (Å²) in [7, 11) is 5.88. The molecule has 2 aromatic rings. The van der Waals surface area contributed by atoms with E-state index in [1.165, 1.54) is 0 Å². The summed E-state index contributed by atoms with van der Waals surface area (Å²) in [5.74, 6) is 0. The van der Waals surface area contributed by atoms with E-state index >= 15 is 0 Å². The second-order valence-corrected chi connectivity index (χ2v) is 6.06. The van der Waals surface area contributed by atoms with E-state index < -0.39 is 0 Å². The number of hydrazone groups is 1. The molecular formula is C17H19Cl2N3. The lowest BCUT2D eigenvalue weighted by atomic mass is 10.1. The zero-order valence-electron chi connectivity index (χ0n) is 13.1. The van der Waals surface area contributed by atoms with Crippen molar-refractivity contribution < 1.29 is 0 Å². The number of halogens is 2. The van der Waals surface area contributed by atoms with Gasteiger partial charge in [0.05, 0.1) is 16.4 Å². The summed E-state index contributed by atoms with van der Waals surface area (Å²) >= 11 is 12.4. The zero-order chi connectivity index (χ0) is 16.3. The molecule has 0 saturated heterocycles. The summed E-state index contributed by atoms with van der Waals surface area (Å²) in [5.41, 5.74) is 3.79. The van der Waals surface area contributed by atoms with Gasteiger partial charge in [0.15, 0.2) is 0 Å². The SMILES string of the molecule is C/C(=N/N(C)c1ccccc1Cl)c1cc(Cl)ccc1N(C)C. The van der Waals surface area contributed by atoms with Gasteiger partial charge in [-0.15, -0.1) is 0 Å². The first-order valence-corrected chi connectivity index (χ1v) is 7.66. The van der Waals surface area contributed by atoms with Crippen LogP contribution in [0.3, 0.4) is 0 Å². The molecule has 0 bridgehead atoms. The van der Waals surface area contributed by atoms with E-state index in [4.69, 9.17) is 23.2 Å². The first kappa shape index (κ1) is 16.7. The highest BCUT2D eigenvalue weighted by molar-refractivity contribution is 6.33. The quantitative estimate of drug-likeness (QED) is 0.583. The minimum atomic E-state index is 0.667. The zero-order valence-corrected chi connectivity index (χ0v) is 14.7. The Hall–Kier alpha value is -1.71. The Bertz CT molecular complexity index is 696. The Kier molecular flexibility index (Phi) is 5.33. The van der Waals surface area contributed by atoms with Crippen molar-refractivity contribution in [3.05, 3.63) is 58.1 Å². The van der Waals surface area contributed by atoms with Crippen LogP contribution < -0.4 is 9.91 Å². The van der Waals surface area contributed by atoms with Gasteiger partial charge in [0.25, 0.3) is 0 Å². The van der Waals surface area contributed by atoms with E-state index in [1.807, 2.05) is 75.4 Å². The van der Waals surface area contributed by atoms with Gasteiger partial charge in [-0.2, -0.15) is 5.10 Å². The normalized spacial score (nSPS) is 11.5. The molecule has 0 aromatic heterocycles. The fraction of sp³-hybridized carbons (Fsp3) is 0.235. The molecule has 0 fully saturated rings. The smallest absolute Gasteiger partial charge is 0.0776 e. The van der Waals surface area contributed by atoms with Gasteiger partial charge >= 0.3 is 0 Å². The van der Waals surface area contributed by atoms with Crippen molar-refractivity contribution >= 4 is 40.3 Å². The molecule has 0 aliphatic carbocycles. The van der Waals surface area contributed by atoms with Gasteiger partial charge in [-0.3, -0.25) is 5.01 Å². The largest absolute Gasteiger partial charge is 0.377 e. The third-order valence-corrected chi connectivity index (χ3v) is 3.89. The Labute approximate surface area is 141 Å². The number of para-hydroxylation sites is 1. The Balaban J connectivity index is 2.41. The average Bonchev–Trinajstić information content (AvgIpc) is 2.47. The number of hydrogen-bond acceptors (Lipinski definition) is 3. The molecule has 116 valence electrons. The fourth-order valence-corrected chi connectivity index (χ4v) is 2.67. The van der Waals surface area contributed by atoms with E-state index in [9.17, 15) is 0 Å². The van der Waals surface area contributed by atoms with E-state index in [2.05, 4.69) is 5.10 Å². The molecule has 0 aliphatic heterocycles. The molecule has 0 N–H and O–H groups in total. The lowest BCUT2D eigenvalue weighted by molar-refractivity contribution is 1.01. The molecule has 2 rings (SSSR count). The molecule has 0 amide bonds. The molecule has 5 heteroatoms. The maximum atomic E-state index is 6.22. The summed E-state index contributed by atoms with van der Waals surface area (Å²) < 4.78 is 0. The molecule has 2 aromatic carbocycles. The molecule has 0 saturated carbocycles. The Morgan fingerprint density at radius 2 is 1.64 bits per heavy atom. The Morgan fingerprint density at radius 1 is 0.955 bits per heavy atom. The van der Waals surface area contributed by atoms with Crippen LogP contribution >= 0.6 is 23.2 Å². The molecule has 0 aliphatic rings. The van der Waals surface area contributed by atoms with Gasteiger partial charge in [0, 0.05) is 37.4 Å². The van der Waals surface area contributed by atoms with E-state index in [0.29, 0.717) is 10.0 Å². The average molecular weight is 336 g/mol. The van der Waals surface area contributed by atoms with Crippen LogP contribution in [-0.2, 0) is 0 Å². The molecule has 0 spiro atoms. The van der Waals surface area contributed by atoms with Crippen LogP contribution in [0.1, 0.15) is 12.5 Å². The predicted octanol–water partition coefficient (Wildman–Crippen LogP) is 4.92. The topological polar surface area (TPSA) is 18.8 Å². The van der Waals surface area contributed by atoms with Crippen LogP contribution in [0, 0.1) is 0 Å². The van der Waals surface area contributed by atoms with Gasteiger partial charge < -0.3 is 4.90 Å². The monoisotopic (exact) mass is 335 g/mol. The lowest BCUT2D eigenvalue weighted by Gasteiger charge is -2.20. The van der Waals surface area contributed by atoms with Gasteiger partial charge in [-0.05, 0) is 37.3 Å². The molecule has 3 nitrogen and oxygen atoms in total. The second kappa shape index (κ2) is 7.03. The summed E-state index contributed by atoms with van der Waals surface area (Å²) in [6.07, 6.45) is 0. The molecule has 0 unspecified atom stereocenters. The van der Waals surface area contributed by atoms with Crippen molar-refractivity contribution in [2.75, 3.05) is 31.1 Å². The van der Waals surface area contributed by atoms with Crippen LogP contribution in [0.5, 0.6) is 0 Å². The van der Waals surface area contributed by atoms with E-state index in [1.54, 1.807) is 5.01 Å². The van der Waals surface area contributed by atoms with Crippen LogP contribution in [0.15, 0.2) is 47.6 Å². The van der Waals surface area contributed by atoms with Gasteiger partial charge in [-0.1, -0.05) is 35.3 Å². The highest BCUT2D eigenvalue weighted by Crippen LogP contribution is 2.27. The van der Waals surface area contributed by atoms with E-state index in [-0.39, 0.29) is 0 Å². The van der Waals surface area contributed by atoms with Crippen molar-refractivity contribution in [1.29, 1.82) is 0 Å². The molecular weight excluding hydrogens is 317 g/mol. The number of rotatable bonds is 4. The minimum absolute atomic E-state index is 0.667. The number of hydrogen-bond donors (Lipinski definition) is 0. The highest BCUT2D eigenvalue weighted by Gasteiger charge is 2.11. The third-order valence-electron chi connectivity index (χ3n) is 3.33. The second-order valence-electron chi connectivity index (χ2n) is 5.22. The van der Waals surface area contributed by atoms with Crippen molar-refractivity contribution in [1.82, 2.24) is 0 Å². The standard InChI is InChI=1S/C17H19Cl2N3/c1-12(14-11-13(18)9-10-16(14)21(2)3)20-22(4)17-8-6-5-7-15(17)19/h5-11H,1-4H3/b20-12-. The van der Waals surface area contributed by atoms with Crippen LogP contribution in [0.25, 0.3) is 0 Å². The first-order chi connectivity index (χ1) is 10.4. The predicted molar refractivity (Wildman–Crippen MR) is 97.8 cm³/mol. The maximum absolute atomic E-state index is 6.22. The molecule has 22 heavy (non-hydrogen) atoms. The van der Waals surface area contributed by atoms with E-state index in [0.717, 1.165) is 22.6 Å². The minimum Gasteiger partial charge on any atom is -0.377 e. The van der Waals surface area contributed by atoms with Crippen LogP contribution in [-0.4, -0.2) is 26.9 Å². The van der Waals surface area contributed by atoms with Gasteiger partial charge in [0.1, 0.15) is 0 Å². The summed E-state index contributed by atoms with van der Waals surface area (Å²) in [6.45, 7) is 1.96. The number of anilines is 2. The highest BCUT2D eigenvalue weighted by atomic mass is 35.5. The van der Waals surface area contributed by atoms with Gasteiger partial charge in [0.2, 0.25) is 0 Å². The van der Waals surface area contributed by atoms with Crippen molar-refractivity contribution in [3.63, 3.8) is 0 Å². The van der Waals surface area contributed by atoms with Crippen molar-refractivity contribution in [2.24, 2.45) is 5.10 Å². The summed E-state index contributed by atoms with van der Waals surface area (Å²) in [6, 6.07) is 13.4. The van der Waals surface area contributed by atoms with Crippen LogP contribution in [0.4, 0.5) is 11.4 Å².